The fraction of sp³-hybridized carbons (Fsp3) is 0.571. The van der Waals surface area contributed by atoms with Crippen LogP contribution in [0, 0.1) is 17.2 Å². The van der Waals surface area contributed by atoms with Crippen LogP contribution in [0.15, 0.2) is 18.2 Å². The molecule has 1 aromatic rings. The maximum atomic E-state index is 13.2. The highest BCUT2D eigenvalue weighted by atomic mass is 19.1. The molecular formula is C14H19FN2. The number of hydrogen-bond donors (Lipinski definition) is 2. The molecule has 2 fully saturated rings. The molecule has 0 aliphatic heterocycles. The van der Waals surface area contributed by atoms with Crippen LogP contribution < -0.4 is 11.1 Å². The molecule has 0 bridgehead atoms. The van der Waals surface area contributed by atoms with Crippen LogP contribution in [0.4, 0.5) is 10.1 Å². The Labute approximate surface area is 101 Å². The number of anilines is 1. The van der Waals surface area contributed by atoms with E-state index in [1.807, 2.05) is 6.07 Å². The van der Waals surface area contributed by atoms with Crippen molar-refractivity contribution in [3.63, 3.8) is 0 Å². The van der Waals surface area contributed by atoms with Crippen molar-refractivity contribution in [3.8, 4) is 0 Å². The van der Waals surface area contributed by atoms with Crippen molar-refractivity contribution >= 4 is 5.69 Å². The molecule has 0 unspecified atom stereocenters. The monoisotopic (exact) mass is 234 g/mol. The summed E-state index contributed by atoms with van der Waals surface area (Å²) in [5, 5.41) is 3.45. The van der Waals surface area contributed by atoms with Gasteiger partial charge in [0.15, 0.2) is 0 Å². The van der Waals surface area contributed by atoms with Crippen LogP contribution in [0.1, 0.15) is 31.2 Å². The van der Waals surface area contributed by atoms with E-state index in [4.69, 9.17) is 5.73 Å². The van der Waals surface area contributed by atoms with Gasteiger partial charge in [-0.2, -0.15) is 0 Å². The zero-order valence-corrected chi connectivity index (χ0v) is 10.0. The number of hydrogen-bond acceptors (Lipinski definition) is 2. The van der Waals surface area contributed by atoms with Crippen molar-refractivity contribution in [3.05, 3.63) is 29.6 Å². The first-order chi connectivity index (χ1) is 8.21. The largest absolute Gasteiger partial charge is 0.396 e. The molecule has 3 N–H and O–H groups in total. The Kier molecular flexibility index (Phi) is 2.58. The molecule has 0 aromatic heterocycles. The lowest BCUT2D eigenvalue weighted by atomic mass is 10.0. The summed E-state index contributed by atoms with van der Waals surface area (Å²) in [5.74, 6) is 0.646. The highest BCUT2D eigenvalue weighted by Gasteiger charge is 2.53. The molecule has 2 nitrogen and oxygen atoms in total. The maximum absolute atomic E-state index is 13.2. The summed E-state index contributed by atoms with van der Waals surface area (Å²) < 4.78 is 13.2. The zero-order chi connectivity index (χ0) is 11.9. The topological polar surface area (TPSA) is 38.0 Å². The molecule has 3 heteroatoms. The summed E-state index contributed by atoms with van der Waals surface area (Å²) in [6.07, 6.45) is 5.54. The molecule has 2 aliphatic rings. The van der Waals surface area contributed by atoms with E-state index in [0.29, 0.717) is 12.0 Å². The summed E-state index contributed by atoms with van der Waals surface area (Å²) in [6.45, 7) is 1.74. The second-order valence-electron chi connectivity index (χ2n) is 5.55. The number of nitrogens with one attached hydrogen (secondary N) is 1. The number of nitrogen functional groups attached to an aromatic ring is 1. The average molecular weight is 234 g/mol. The van der Waals surface area contributed by atoms with E-state index in [1.54, 1.807) is 6.07 Å². The van der Waals surface area contributed by atoms with Gasteiger partial charge in [-0.25, -0.2) is 4.39 Å². The molecule has 2 saturated carbocycles. The van der Waals surface area contributed by atoms with Crippen molar-refractivity contribution in [2.75, 3.05) is 12.3 Å². The van der Waals surface area contributed by atoms with Gasteiger partial charge in [-0.1, -0.05) is 12.1 Å². The molecular weight excluding hydrogens is 215 g/mol. The van der Waals surface area contributed by atoms with E-state index >= 15 is 0 Å². The van der Waals surface area contributed by atoms with E-state index < -0.39 is 0 Å². The minimum Gasteiger partial charge on any atom is -0.396 e. The summed E-state index contributed by atoms with van der Waals surface area (Å²) >= 11 is 0. The lowest BCUT2D eigenvalue weighted by Gasteiger charge is -2.15. The van der Waals surface area contributed by atoms with Crippen LogP contribution in [0.5, 0.6) is 0 Å². The third kappa shape index (κ3) is 2.16. The van der Waals surface area contributed by atoms with Gasteiger partial charge in [0, 0.05) is 13.1 Å². The third-order valence-corrected chi connectivity index (χ3v) is 4.27. The molecule has 2 aliphatic carbocycles. The molecule has 17 heavy (non-hydrogen) atoms. The molecule has 0 heterocycles. The van der Waals surface area contributed by atoms with Crippen LogP contribution in [0.2, 0.25) is 0 Å². The zero-order valence-electron chi connectivity index (χ0n) is 10.0. The summed E-state index contributed by atoms with van der Waals surface area (Å²) in [6, 6.07) is 5.02. The van der Waals surface area contributed by atoms with Crippen LogP contribution in [-0.2, 0) is 6.54 Å². The minimum absolute atomic E-state index is 0.288. The highest BCUT2D eigenvalue weighted by Crippen LogP contribution is 2.60. The van der Waals surface area contributed by atoms with Crippen molar-refractivity contribution in [2.45, 2.75) is 32.2 Å². The highest BCUT2D eigenvalue weighted by molar-refractivity contribution is 5.47. The lowest BCUT2D eigenvalue weighted by molar-refractivity contribution is 0.403. The molecule has 3 rings (SSSR count). The molecule has 0 spiro atoms. The van der Waals surface area contributed by atoms with Gasteiger partial charge >= 0.3 is 0 Å². The Morgan fingerprint density at radius 1 is 1.35 bits per heavy atom. The van der Waals surface area contributed by atoms with E-state index in [9.17, 15) is 4.39 Å². The quantitative estimate of drug-likeness (QED) is 0.769. The van der Waals surface area contributed by atoms with Crippen LogP contribution in [0.25, 0.3) is 0 Å². The van der Waals surface area contributed by atoms with Crippen LogP contribution >= 0.6 is 0 Å². The lowest BCUT2D eigenvalue weighted by Crippen LogP contribution is -2.25. The normalized spacial score (nSPS) is 21.5. The Morgan fingerprint density at radius 2 is 2.12 bits per heavy atom. The molecule has 1 aromatic carbocycles. The first-order valence-corrected chi connectivity index (χ1v) is 6.45. The molecule has 0 radical (unpaired) electrons. The Bertz CT molecular complexity index is 422. The number of nitrogens with two attached hydrogens (primary N) is 1. The number of rotatable bonds is 5. The van der Waals surface area contributed by atoms with Crippen LogP contribution in [0.3, 0.4) is 0 Å². The van der Waals surface area contributed by atoms with Gasteiger partial charge in [-0.05, 0) is 48.6 Å². The number of halogens is 1. The summed E-state index contributed by atoms with van der Waals surface area (Å²) in [5.41, 5.74) is 7.45. The van der Waals surface area contributed by atoms with E-state index in [-0.39, 0.29) is 11.5 Å². The maximum Gasteiger partial charge on any atom is 0.146 e. The van der Waals surface area contributed by atoms with Crippen molar-refractivity contribution < 1.29 is 4.39 Å². The SMILES string of the molecule is Nc1c(F)cccc1CNCC1(C2CC2)CC1. The third-order valence-electron chi connectivity index (χ3n) is 4.27. The Morgan fingerprint density at radius 3 is 2.76 bits per heavy atom. The van der Waals surface area contributed by atoms with Gasteiger partial charge in [0.25, 0.3) is 0 Å². The van der Waals surface area contributed by atoms with Crippen molar-refractivity contribution in [2.24, 2.45) is 11.3 Å². The summed E-state index contributed by atoms with van der Waals surface area (Å²) in [7, 11) is 0. The Balaban J connectivity index is 1.55. The first kappa shape index (κ1) is 11.0. The second-order valence-corrected chi connectivity index (χ2v) is 5.55. The van der Waals surface area contributed by atoms with Gasteiger partial charge in [-0.15, -0.1) is 0 Å². The fourth-order valence-electron chi connectivity index (χ4n) is 2.77. The van der Waals surface area contributed by atoms with Gasteiger partial charge in [0.2, 0.25) is 0 Å². The molecule has 0 saturated heterocycles. The number of benzene rings is 1. The van der Waals surface area contributed by atoms with Gasteiger partial charge < -0.3 is 11.1 Å². The van der Waals surface area contributed by atoms with Crippen molar-refractivity contribution in [1.29, 1.82) is 0 Å². The molecule has 0 amide bonds. The molecule has 0 atom stereocenters. The second kappa shape index (κ2) is 3.98. The van der Waals surface area contributed by atoms with E-state index in [0.717, 1.165) is 18.0 Å². The molecule has 92 valence electrons. The number of para-hydroxylation sites is 1. The smallest absolute Gasteiger partial charge is 0.146 e. The predicted molar refractivity (Wildman–Crippen MR) is 66.9 cm³/mol. The van der Waals surface area contributed by atoms with Gasteiger partial charge in [0.1, 0.15) is 5.82 Å². The average Bonchev–Trinajstić information content (AvgIpc) is 3.14. The van der Waals surface area contributed by atoms with E-state index in [2.05, 4.69) is 5.32 Å². The fourth-order valence-corrected chi connectivity index (χ4v) is 2.77. The van der Waals surface area contributed by atoms with Gasteiger partial charge in [0.05, 0.1) is 5.69 Å². The van der Waals surface area contributed by atoms with Crippen molar-refractivity contribution in [1.82, 2.24) is 5.32 Å². The summed E-state index contributed by atoms with van der Waals surface area (Å²) in [4.78, 5) is 0. The first-order valence-electron chi connectivity index (χ1n) is 6.45. The van der Waals surface area contributed by atoms with E-state index in [1.165, 1.54) is 31.7 Å². The predicted octanol–water partition coefficient (Wildman–Crippen LogP) is 2.69. The standard InChI is InChI=1S/C14H19FN2/c15-12-3-1-2-10(13(12)16)8-17-9-14(6-7-14)11-4-5-11/h1-3,11,17H,4-9,16H2. The van der Waals surface area contributed by atoms with Gasteiger partial charge in [-0.3, -0.25) is 0 Å². The van der Waals surface area contributed by atoms with Crippen LogP contribution in [-0.4, -0.2) is 6.54 Å². The minimum atomic E-state index is -0.312. The Hall–Kier alpha value is -1.09.